The molecule has 1 aromatic heterocycles. The summed E-state index contributed by atoms with van der Waals surface area (Å²) in [6.07, 6.45) is -0.693. The first-order valence-corrected chi connectivity index (χ1v) is 9.42. The van der Waals surface area contributed by atoms with Crippen molar-refractivity contribution in [2.24, 2.45) is 0 Å². The summed E-state index contributed by atoms with van der Waals surface area (Å²) < 4.78 is 16.7. The summed E-state index contributed by atoms with van der Waals surface area (Å²) in [6, 6.07) is 15.2. The van der Waals surface area contributed by atoms with Gasteiger partial charge in [0.2, 0.25) is 0 Å². The quantitative estimate of drug-likeness (QED) is 0.457. The number of para-hydroxylation sites is 2. The third kappa shape index (κ3) is 4.99. The van der Waals surface area contributed by atoms with Gasteiger partial charge >= 0.3 is 0 Å². The number of hydrogen-bond acceptors (Lipinski definition) is 6. The molecule has 152 valence electrons. The van der Waals surface area contributed by atoms with E-state index in [0.717, 1.165) is 16.6 Å². The lowest BCUT2D eigenvalue weighted by Gasteiger charge is -2.15. The van der Waals surface area contributed by atoms with Crippen LogP contribution in [0.3, 0.4) is 0 Å². The van der Waals surface area contributed by atoms with Crippen LogP contribution in [0.4, 0.5) is 0 Å². The van der Waals surface area contributed by atoms with Crippen molar-refractivity contribution in [3.05, 3.63) is 53.7 Å². The third-order valence-electron chi connectivity index (χ3n) is 4.50. The van der Waals surface area contributed by atoms with Crippen molar-refractivity contribution in [2.75, 3.05) is 33.4 Å². The largest absolute Gasteiger partial charge is 0.493 e. The van der Waals surface area contributed by atoms with Crippen LogP contribution in [-0.2, 0) is 0 Å². The molecule has 0 saturated carbocycles. The van der Waals surface area contributed by atoms with E-state index in [1.807, 2.05) is 43.3 Å². The second kappa shape index (κ2) is 9.82. The molecule has 0 spiro atoms. The van der Waals surface area contributed by atoms with E-state index in [4.69, 9.17) is 14.2 Å². The molecule has 7 nitrogen and oxygen atoms in total. The maximum atomic E-state index is 10.2. The number of H-pyrrole nitrogens is 1. The standard InChI is InChI=1S/C22H25N3O4/c1-15-17(12-23)22-18(25-15)6-5-9-21(22)29-14-16(26)13-24-10-11-28-20-8-4-3-7-19(20)27-2/h3-9,16,24-26H,10-11,13-14H2,1-2H3. The molecule has 3 rings (SSSR count). The molecule has 7 heteroatoms. The lowest BCUT2D eigenvalue weighted by Crippen LogP contribution is -2.33. The summed E-state index contributed by atoms with van der Waals surface area (Å²) >= 11 is 0. The first-order chi connectivity index (χ1) is 14.1. The van der Waals surface area contributed by atoms with Gasteiger partial charge in [0.25, 0.3) is 0 Å². The molecule has 0 aliphatic heterocycles. The molecule has 1 unspecified atom stereocenters. The number of nitriles is 1. The number of ether oxygens (including phenoxy) is 3. The van der Waals surface area contributed by atoms with Gasteiger partial charge in [0.1, 0.15) is 31.1 Å². The minimum absolute atomic E-state index is 0.120. The van der Waals surface area contributed by atoms with E-state index in [2.05, 4.69) is 16.4 Å². The number of rotatable bonds is 10. The Kier molecular flexibility index (Phi) is 6.95. The molecule has 0 saturated heterocycles. The van der Waals surface area contributed by atoms with Gasteiger partial charge < -0.3 is 29.6 Å². The monoisotopic (exact) mass is 395 g/mol. The number of benzene rings is 2. The van der Waals surface area contributed by atoms with Gasteiger partial charge in [-0.25, -0.2) is 0 Å². The van der Waals surface area contributed by atoms with Crippen LogP contribution in [0.25, 0.3) is 10.9 Å². The summed E-state index contributed by atoms with van der Waals surface area (Å²) in [6.45, 7) is 3.35. The molecule has 0 aliphatic rings. The fraction of sp³-hybridized carbons (Fsp3) is 0.318. The maximum absolute atomic E-state index is 10.2. The molecular weight excluding hydrogens is 370 g/mol. The third-order valence-corrected chi connectivity index (χ3v) is 4.50. The molecule has 0 bridgehead atoms. The van der Waals surface area contributed by atoms with Crippen molar-refractivity contribution in [2.45, 2.75) is 13.0 Å². The van der Waals surface area contributed by atoms with Gasteiger partial charge in [-0.15, -0.1) is 0 Å². The number of aliphatic hydroxyl groups excluding tert-OH is 1. The number of aryl methyl sites for hydroxylation is 1. The zero-order valence-electron chi connectivity index (χ0n) is 16.6. The number of aromatic amines is 1. The van der Waals surface area contributed by atoms with Crippen molar-refractivity contribution in [1.82, 2.24) is 10.3 Å². The lowest BCUT2D eigenvalue weighted by molar-refractivity contribution is 0.106. The number of hydrogen-bond donors (Lipinski definition) is 3. The summed E-state index contributed by atoms with van der Waals surface area (Å²) in [5.74, 6) is 1.96. The van der Waals surface area contributed by atoms with Crippen LogP contribution in [0.5, 0.6) is 17.2 Å². The highest BCUT2D eigenvalue weighted by Crippen LogP contribution is 2.30. The van der Waals surface area contributed by atoms with Gasteiger partial charge in [0.05, 0.1) is 23.6 Å². The van der Waals surface area contributed by atoms with Gasteiger partial charge in [0, 0.05) is 18.8 Å². The number of nitrogens with zero attached hydrogens (tertiary/aromatic N) is 1. The average molecular weight is 395 g/mol. The lowest BCUT2D eigenvalue weighted by atomic mass is 10.1. The van der Waals surface area contributed by atoms with Crippen LogP contribution >= 0.6 is 0 Å². The van der Waals surface area contributed by atoms with Crippen molar-refractivity contribution >= 4 is 10.9 Å². The van der Waals surface area contributed by atoms with Crippen molar-refractivity contribution in [3.63, 3.8) is 0 Å². The Balaban J connectivity index is 1.44. The first-order valence-electron chi connectivity index (χ1n) is 9.42. The average Bonchev–Trinajstić information content (AvgIpc) is 3.07. The fourth-order valence-corrected chi connectivity index (χ4v) is 3.09. The molecule has 2 aromatic carbocycles. The number of fused-ring (bicyclic) bond motifs is 1. The number of methoxy groups -OCH3 is 1. The summed E-state index contributed by atoms with van der Waals surface area (Å²) in [7, 11) is 1.60. The fourth-order valence-electron chi connectivity index (χ4n) is 3.09. The van der Waals surface area contributed by atoms with E-state index in [-0.39, 0.29) is 6.61 Å². The van der Waals surface area contributed by atoms with Crippen molar-refractivity contribution < 1.29 is 19.3 Å². The second-order valence-electron chi connectivity index (χ2n) is 6.58. The van der Waals surface area contributed by atoms with Crippen LogP contribution < -0.4 is 19.5 Å². The number of aromatic nitrogens is 1. The van der Waals surface area contributed by atoms with Gasteiger partial charge in [-0.1, -0.05) is 18.2 Å². The van der Waals surface area contributed by atoms with Gasteiger partial charge in [-0.2, -0.15) is 5.26 Å². The number of nitrogens with one attached hydrogen (secondary N) is 2. The zero-order chi connectivity index (χ0) is 20.6. The Morgan fingerprint density at radius 2 is 1.86 bits per heavy atom. The summed E-state index contributed by atoms with van der Waals surface area (Å²) in [5.41, 5.74) is 2.21. The molecular formula is C22H25N3O4. The van der Waals surface area contributed by atoms with Crippen molar-refractivity contribution in [3.8, 4) is 23.3 Å². The summed E-state index contributed by atoms with van der Waals surface area (Å²) in [5, 5.41) is 23.5. The smallest absolute Gasteiger partial charge is 0.161 e. The molecule has 0 aliphatic carbocycles. The molecule has 0 radical (unpaired) electrons. The predicted molar refractivity (Wildman–Crippen MR) is 111 cm³/mol. The van der Waals surface area contributed by atoms with E-state index in [1.165, 1.54) is 0 Å². The molecule has 1 atom stereocenters. The molecule has 0 fully saturated rings. The molecule has 29 heavy (non-hydrogen) atoms. The zero-order valence-corrected chi connectivity index (χ0v) is 16.6. The van der Waals surface area contributed by atoms with Gasteiger partial charge in [-0.05, 0) is 31.2 Å². The Hall–Kier alpha value is -3.21. The van der Waals surface area contributed by atoms with E-state index in [1.54, 1.807) is 13.2 Å². The van der Waals surface area contributed by atoms with E-state index < -0.39 is 6.10 Å². The van der Waals surface area contributed by atoms with E-state index in [9.17, 15) is 10.4 Å². The van der Waals surface area contributed by atoms with Crippen LogP contribution in [-0.4, -0.2) is 49.6 Å². The molecule has 1 heterocycles. The van der Waals surface area contributed by atoms with Crippen LogP contribution in [0.15, 0.2) is 42.5 Å². The molecule has 3 N–H and O–H groups in total. The predicted octanol–water partition coefficient (Wildman–Crippen LogP) is 2.76. The van der Waals surface area contributed by atoms with Crippen LogP contribution in [0.2, 0.25) is 0 Å². The topological polar surface area (TPSA) is 99.5 Å². The first kappa shape index (κ1) is 20.5. The van der Waals surface area contributed by atoms with E-state index >= 15 is 0 Å². The Labute approximate surface area is 169 Å². The highest BCUT2D eigenvalue weighted by atomic mass is 16.5. The second-order valence-corrected chi connectivity index (χ2v) is 6.58. The molecule has 3 aromatic rings. The van der Waals surface area contributed by atoms with E-state index in [0.29, 0.717) is 42.5 Å². The Bertz CT molecular complexity index is 993. The van der Waals surface area contributed by atoms with Gasteiger partial charge in [-0.3, -0.25) is 0 Å². The number of aliphatic hydroxyl groups is 1. The molecule has 0 amide bonds. The minimum atomic E-state index is -0.693. The van der Waals surface area contributed by atoms with Crippen molar-refractivity contribution in [1.29, 1.82) is 5.26 Å². The highest BCUT2D eigenvalue weighted by molar-refractivity contribution is 5.92. The highest BCUT2D eigenvalue weighted by Gasteiger charge is 2.14. The summed E-state index contributed by atoms with van der Waals surface area (Å²) in [4.78, 5) is 3.18. The van der Waals surface area contributed by atoms with Crippen LogP contribution in [0.1, 0.15) is 11.3 Å². The Morgan fingerprint density at radius 3 is 2.62 bits per heavy atom. The maximum Gasteiger partial charge on any atom is 0.161 e. The SMILES string of the molecule is COc1ccccc1OCCNCC(O)COc1cccc2[nH]c(C)c(C#N)c12. The Morgan fingerprint density at radius 1 is 1.10 bits per heavy atom. The van der Waals surface area contributed by atoms with Crippen LogP contribution in [0, 0.1) is 18.3 Å². The minimum Gasteiger partial charge on any atom is -0.493 e. The normalized spacial score (nSPS) is 11.8. The van der Waals surface area contributed by atoms with Gasteiger partial charge in [0.15, 0.2) is 11.5 Å².